The van der Waals surface area contributed by atoms with Crippen LogP contribution in [0.5, 0.6) is 5.75 Å². The van der Waals surface area contributed by atoms with Gasteiger partial charge >= 0.3 is 6.36 Å². The predicted molar refractivity (Wildman–Crippen MR) is 121 cm³/mol. The van der Waals surface area contributed by atoms with Crippen LogP contribution in [0.2, 0.25) is 5.02 Å². The van der Waals surface area contributed by atoms with Crippen LogP contribution in [0.4, 0.5) is 30.6 Å². The van der Waals surface area contributed by atoms with E-state index in [0.29, 0.717) is 34.6 Å². The molecule has 0 saturated heterocycles. The molecule has 3 rings (SSSR count). The van der Waals surface area contributed by atoms with Gasteiger partial charge in [-0.3, -0.25) is 0 Å². The van der Waals surface area contributed by atoms with Gasteiger partial charge in [0.25, 0.3) is 0 Å². The Morgan fingerprint density at radius 1 is 1.06 bits per heavy atom. The molecule has 0 atom stereocenters. The van der Waals surface area contributed by atoms with E-state index in [9.17, 15) is 13.2 Å². The molecule has 0 radical (unpaired) electrons. The van der Waals surface area contributed by atoms with Crippen LogP contribution >= 0.6 is 11.6 Å². The molecule has 0 aliphatic rings. The summed E-state index contributed by atoms with van der Waals surface area (Å²) in [6.45, 7) is 3.23. The number of nitrogens with zero attached hydrogens (tertiary/aromatic N) is 3. The molecule has 3 aromatic rings. The molecule has 32 heavy (non-hydrogen) atoms. The molecule has 1 aromatic heterocycles. The van der Waals surface area contributed by atoms with Gasteiger partial charge in [-0.25, -0.2) is 4.98 Å². The largest absolute Gasteiger partial charge is 0.573 e. The van der Waals surface area contributed by atoms with E-state index in [4.69, 9.17) is 11.6 Å². The van der Waals surface area contributed by atoms with E-state index in [1.807, 2.05) is 38.1 Å². The molecule has 10 heteroatoms. The lowest BCUT2D eigenvalue weighted by molar-refractivity contribution is -0.274. The Labute approximate surface area is 189 Å². The van der Waals surface area contributed by atoms with Gasteiger partial charge in [0.05, 0.1) is 5.69 Å². The molecule has 2 N–H and O–H groups in total. The minimum Gasteiger partial charge on any atom is -0.406 e. The van der Waals surface area contributed by atoms with Gasteiger partial charge in [0.2, 0.25) is 5.95 Å². The molecule has 6 nitrogen and oxygen atoms in total. The lowest BCUT2D eigenvalue weighted by atomic mass is 10.1. The van der Waals surface area contributed by atoms with E-state index in [1.165, 1.54) is 18.2 Å². The second-order valence-electron chi connectivity index (χ2n) is 7.36. The van der Waals surface area contributed by atoms with Gasteiger partial charge in [-0.1, -0.05) is 23.7 Å². The van der Waals surface area contributed by atoms with Crippen LogP contribution in [0.25, 0.3) is 11.3 Å². The Morgan fingerprint density at radius 2 is 1.84 bits per heavy atom. The number of aryl methyl sites for hydroxylation is 1. The number of benzene rings is 2. The van der Waals surface area contributed by atoms with Gasteiger partial charge in [-0.15, -0.1) is 13.2 Å². The standard InChI is InChI=1S/C22H23ClF3N5O/c1-14-11-16(7-8-18(14)23)28-20-13-19(29-21(30-20)27-9-10-31(2)3)15-5-4-6-17(12-15)32-22(24,25)26/h4-8,11-13H,9-10H2,1-3H3,(H2,27,28,29,30). The van der Waals surface area contributed by atoms with Crippen molar-refractivity contribution in [2.45, 2.75) is 13.3 Å². The minimum absolute atomic E-state index is 0.321. The summed E-state index contributed by atoms with van der Waals surface area (Å²) in [7, 11) is 3.89. The number of likely N-dealkylation sites (N-methyl/N-ethyl adjacent to an activating group) is 1. The summed E-state index contributed by atoms with van der Waals surface area (Å²) >= 11 is 6.10. The van der Waals surface area contributed by atoms with Crippen molar-refractivity contribution in [3.8, 4) is 17.0 Å². The Balaban J connectivity index is 1.94. The van der Waals surface area contributed by atoms with Gasteiger partial charge in [-0.05, 0) is 56.9 Å². The summed E-state index contributed by atoms with van der Waals surface area (Å²) in [4.78, 5) is 11.0. The molecule has 0 saturated carbocycles. The van der Waals surface area contributed by atoms with E-state index < -0.39 is 6.36 Å². The fourth-order valence-corrected chi connectivity index (χ4v) is 2.97. The molecule has 0 unspecified atom stereocenters. The molecule has 0 aliphatic carbocycles. The number of aromatic nitrogens is 2. The molecule has 0 fully saturated rings. The first kappa shape index (κ1) is 23.6. The molecular formula is C22H23ClF3N5O. The summed E-state index contributed by atoms with van der Waals surface area (Å²) in [6.07, 6.45) is -4.78. The summed E-state index contributed by atoms with van der Waals surface area (Å²) in [6, 6.07) is 12.8. The second-order valence-corrected chi connectivity index (χ2v) is 7.76. The van der Waals surface area contributed by atoms with Crippen molar-refractivity contribution in [2.24, 2.45) is 0 Å². The van der Waals surface area contributed by atoms with E-state index >= 15 is 0 Å². The van der Waals surface area contributed by atoms with Gasteiger partial charge < -0.3 is 20.3 Å². The first-order valence-electron chi connectivity index (χ1n) is 9.76. The Hall–Kier alpha value is -3.04. The lowest BCUT2D eigenvalue weighted by Crippen LogP contribution is -2.21. The zero-order chi connectivity index (χ0) is 23.3. The molecule has 170 valence electrons. The van der Waals surface area contributed by atoms with Crippen molar-refractivity contribution in [3.05, 3.63) is 59.1 Å². The topological polar surface area (TPSA) is 62.3 Å². The van der Waals surface area contributed by atoms with Crippen molar-refractivity contribution in [1.29, 1.82) is 0 Å². The zero-order valence-electron chi connectivity index (χ0n) is 17.8. The third-order valence-electron chi connectivity index (χ3n) is 4.36. The highest BCUT2D eigenvalue weighted by atomic mass is 35.5. The number of alkyl halides is 3. The molecule has 0 aliphatic heterocycles. The molecule has 1 heterocycles. The Bertz CT molecular complexity index is 1080. The first-order valence-corrected chi connectivity index (χ1v) is 10.1. The summed E-state index contributed by atoms with van der Waals surface area (Å²) in [5.41, 5.74) is 2.56. The van der Waals surface area contributed by atoms with Crippen LogP contribution in [0.3, 0.4) is 0 Å². The van der Waals surface area contributed by atoms with E-state index in [1.54, 1.807) is 18.2 Å². The van der Waals surface area contributed by atoms with Gasteiger partial charge in [-0.2, -0.15) is 4.98 Å². The minimum atomic E-state index is -4.78. The average molecular weight is 466 g/mol. The van der Waals surface area contributed by atoms with Crippen molar-refractivity contribution in [3.63, 3.8) is 0 Å². The van der Waals surface area contributed by atoms with Crippen LogP contribution in [0, 0.1) is 6.92 Å². The molecular weight excluding hydrogens is 443 g/mol. The molecule has 0 spiro atoms. The third-order valence-corrected chi connectivity index (χ3v) is 4.79. The van der Waals surface area contributed by atoms with Crippen LogP contribution in [-0.4, -0.2) is 48.4 Å². The smallest absolute Gasteiger partial charge is 0.406 e. The maximum atomic E-state index is 12.6. The maximum Gasteiger partial charge on any atom is 0.573 e. The molecule has 0 amide bonds. The number of halogens is 4. The summed E-state index contributed by atoms with van der Waals surface area (Å²) < 4.78 is 41.9. The van der Waals surface area contributed by atoms with Crippen molar-refractivity contribution >= 4 is 29.1 Å². The second kappa shape index (κ2) is 10.1. The van der Waals surface area contributed by atoms with E-state index in [0.717, 1.165) is 17.8 Å². The predicted octanol–water partition coefficient (Wildman–Crippen LogP) is 5.72. The number of rotatable bonds is 8. The third kappa shape index (κ3) is 7.00. The number of anilines is 3. The summed E-state index contributed by atoms with van der Waals surface area (Å²) in [5.74, 6) is 0.504. The average Bonchev–Trinajstić information content (AvgIpc) is 2.69. The summed E-state index contributed by atoms with van der Waals surface area (Å²) in [5, 5.41) is 7.00. The Kier molecular flexibility index (Phi) is 7.42. The highest BCUT2D eigenvalue weighted by Crippen LogP contribution is 2.29. The first-order chi connectivity index (χ1) is 15.1. The Morgan fingerprint density at radius 3 is 2.53 bits per heavy atom. The normalized spacial score (nSPS) is 11.5. The fraction of sp³-hybridized carbons (Fsp3) is 0.273. The van der Waals surface area contributed by atoms with Crippen molar-refractivity contribution < 1.29 is 17.9 Å². The SMILES string of the molecule is Cc1cc(Nc2cc(-c3cccc(OC(F)(F)F)c3)nc(NCCN(C)C)n2)ccc1Cl. The van der Waals surface area contributed by atoms with Gasteiger partial charge in [0.15, 0.2) is 0 Å². The number of hydrogen-bond acceptors (Lipinski definition) is 6. The number of nitrogens with one attached hydrogen (secondary N) is 2. The van der Waals surface area contributed by atoms with Crippen LogP contribution in [0.1, 0.15) is 5.56 Å². The molecule has 0 bridgehead atoms. The van der Waals surface area contributed by atoms with Crippen LogP contribution in [0.15, 0.2) is 48.5 Å². The van der Waals surface area contributed by atoms with Crippen molar-refractivity contribution in [2.75, 3.05) is 37.8 Å². The monoisotopic (exact) mass is 465 g/mol. The lowest BCUT2D eigenvalue weighted by Gasteiger charge is -2.14. The highest BCUT2D eigenvalue weighted by Gasteiger charge is 2.31. The van der Waals surface area contributed by atoms with Crippen LogP contribution in [-0.2, 0) is 0 Å². The number of ether oxygens (including phenoxy) is 1. The highest BCUT2D eigenvalue weighted by molar-refractivity contribution is 6.31. The fourth-order valence-electron chi connectivity index (χ4n) is 2.85. The van der Waals surface area contributed by atoms with Crippen molar-refractivity contribution in [1.82, 2.24) is 14.9 Å². The quantitative estimate of drug-likeness (QED) is 0.443. The van der Waals surface area contributed by atoms with E-state index in [-0.39, 0.29) is 5.75 Å². The number of hydrogen-bond donors (Lipinski definition) is 2. The van der Waals surface area contributed by atoms with Gasteiger partial charge in [0, 0.05) is 35.4 Å². The van der Waals surface area contributed by atoms with E-state index in [2.05, 4.69) is 25.3 Å². The molecule has 2 aromatic carbocycles. The van der Waals surface area contributed by atoms with Crippen LogP contribution < -0.4 is 15.4 Å². The maximum absolute atomic E-state index is 12.6. The van der Waals surface area contributed by atoms with Gasteiger partial charge in [0.1, 0.15) is 11.6 Å². The zero-order valence-corrected chi connectivity index (χ0v) is 18.6.